The summed E-state index contributed by atoms with van der Waals surface area (Å²) >= 11 is 0. The van der Waals surface area contributed by atoms with E-state index in [1.54, 1.807) is 0 Å². The molecule has 14 N–H and O–H groups in total. The van der Waals surface area contributed by atoms with Gasteiger partial charge in [-0.2, -0.15) is 4.31 Å². The number of aliphatic carboxylic acids is 2. The van der Waals surface area contributed by atoms with Crippen molar-refractivity contribution in [3.63, 3.8) is 0 Å². The molecule has 2 saturated heterocycles. The van der Waals surface area contributed by atoms with Gasteiger partial charge in [-0.15, -0.1) is 0 Å². The van der Waals surface area contributed by atoms with Crippen LogP contribution in [0.5, 0.6) is 0 Å². The fraction of sp³-hybridized carbons (Fsp3) is 0.679. The third-order valence-corrected chi connectivity index (χ3v) is 10.4. The van der Waals surface area contributed by atoms with Gasteiger partial charge in [0.25, 0.3) is 11.5 Å². The van der Waals surface area contributed by atoms with E-state index in [0.717, 1.165) is 33.0 Å². The Balaban J connectivity index is 0.00000106. The Bertz CT molecular complexity index is 1870. The first-order valence-corrected chi connectivity index (χ1v) is 19.8. The van der Waals surface area contributed by atoms with Crippen LogP contribution in [0.15, 0.2) is 21.9 Å². The highest BCUT2D eigenvalue weighted by Gasteiger charge is 2.50. The number of rotatable bonds is 17. The van der Waals surface area contributed by atoms with E-state index in [1.807, 2.05) is 4.98 Å². The predicted octanol–water partition coefficient (Wildman–Crippen LogP) is -5.87. The number of aliphatic hydroxyl groups excluding tert-OH is 4. The van der Waals surface area contributed by atoms with Crippen molar-refractivity contribution >= 4 is 45.4 Å². The van der Waals surface area contributed by atoms with E-state index in [2.05, 4.69) is 8.83 Å². The van der Waals surface area contributed by atoms with Gasteiger partial charge in [0.1, 0.15) is 48.7 Å². The summed E-state index contributed by atoms with van der Waals surface area (Å²) in [5.41, 5.74) is 8.86. The number of carboxylic acids is 2. The molecule has 2 amide bonds. The Morgan fingerprint density at radius 2 is 1.61 bits per heavy atom. The third-order valence-electron chi connectivity index (χ3n) is 8.22. The molecule has 0 aromatic carbocycles. The maximum atomic E-state index is 13.4. The van der Waals surface area contributed by atoms with E-state index in [1.165, 1.54) is 0 Å². The van der Waals surface area contributed by atoms with Crippen LogP contribution >= 0.6 is 15.6 Å². The van der Waals surface area contributed by atoms with Crippen LogP contribution in [0.2, 0.25) is 0 Å². The first kappa shape index (κ1) is 51.3. The lowest BCUT2D eigenvalue weighted by atomic mass is 9.97. The van der Waals surface area contributed by atoms with Crippen molar-refractivity contribution in [1.82, 2.24) is 14.5 Å². The monoisotopic (exact) mass is 897 g/mol. The number of aromatic amines is 1. The van der Waals surface area contributed by atoms with Gasteiger partial charge in [-0.1, -0.05) is 0 Å². The van der Waals surface area contributed by atoms with Crippen molar-refractivity contribution in [3.05, 3.63) is 33.1 Å². The summed E-state index contributed by atoms with van der Waals surface area (Å²) < 4.78 is 53.2. The zero-order valence-corrected chi connectivity index (χ0v) is 32.8. The number of hydrogen-bond donors (Lipinski definition) is 12. The van der Waals surface area contributed by atoms with Gasteiger partial charge in [0.2, 0.25) is 5.91 Å². The Morgan fingerprint density at radius 3 is 2.12 bits per heavy atom. The minimum absolute atomic E-state index is 0.0231. The number of carbonyl (C=O) groups is 5. The Morgan fingerprint density at radius 1 is 1.00 bits per heavy atom. The van der Waals surface area contributed by atoms with Gasteiger partial charge in [0, 0.05) is 25.6 Å². The van der Waals surface area contributed by atoms with Gasteiger partial charge in [-0.3, -0.25) is 42.9 Å². The molecule has 31 heteroatoms. The Hall–Kier alpha value is -3.87. The Labute approximate surface area is 330 Å². The number of phosphoric acid groups is 2. The second-order valence-electron chi connectivity index (χ2n) is 12.7. The van der Waals surface area contributed by atoms with Crippen molar-refractivity contribution < 1.29 is 106 Å². The van der Waals surface area contributed by atoms with Crippen LogP contribution in [0.1, 0.15) is 39.8 Å². The molecule has 2 aliphatic rings. The van der Waals surface area contributed by atoms with Crippen LogP contribution in [-0.2, 0) is 60.9 Å². The number of hydrogen-bond acceptors (Lipinski definition) is 21. The number of aromatic nitrogens is 2. The van der Waals surface area contributed by atoms with E-state index in [4.69, 9.17) is 50.4 Å². The smallest absolute Gasteiger partial charge is 0.481 e. The molecule has 2 fully saturated rings. The van der Waals surface area contributed by atoms with Crippen LogP contribution in [-0.4, -0.2) is 170 Å². The average Bonchev–Trinajstić information content (AvgIpc) is 3.42. The highest BCUT2D eigenvalue weighted by molar-refractivity contribution is 7.60. The molecular formula is C28H45N5O24P2. The number of ether oxygens (including phenoxy) is 4. The van der Waals surface area contributed by atoms with Crippen LogP contribution < -0.4 is 22.7 Å². The largest absolute Gasteiger partial charge is 0.481 e. The molecule has 0 radical (unpaired) electrons. The van der Waals surface area contributed by atoms with Crippen molar-refractivity contribution in [2.45, 2.75) is 107 Å². The quantitative estimate of drug-likeness (QED) is 0.0512. The second kappa shape index (κ2) is 21.6. The Kier molecular flexibility index (Phi) is 18.8. The molecule has 0 saturated carbocycles. The standard InChI is InChI=1S/C23H36N4O20P2.C5H9NO4/c1-8(27(10(3)29)19(33)9(2)43-18-14(24)22(35)45-11(6-28)15(18)31)21(34)46-17-12(7-42-49(40,41)47-48(37,38)39)44-20(16(17)32)26-5-4-13(30)25-23(26)36;6-3(5(9)10)1-2-4(7)8/h4-5,8-9,11-12,14-18,20,22,28,31-32,35H,6-7,24H2,1-3H3,(H,40,41)(H,25,30,36)(H2,37,38,39);3H,1-2,6H2,(H,7,8)(H,9,10)/t8-,9?,11+,12+,14+,15+,16+,17+,18+,20+,22-;3-/m01/s1. The normalized spacial score (nSPS) is 28.2. The van der Waals surface area contributed by atoms with Gasteiger partial charge >= 0.3 is 39.2 Å². The first-order chi connectivity index (χ1) is 27.1. The summed E-state index contributed by atoms with van der Waals surface area (Å²) in [5.74, 6) is -5.83. The summed E-state index contributed by atoms with van der Waals surface area (Å²) in [6, 6.07) is -3.44. The van der Waals surface area contributed by atoms with E-state index in [9.17, 15) is 68.0 Å². The van der Waals surface area contributed by atoms with Gasteiger partial charge in [0.15, 0.2) is 18.6 Å². The summed E-state index contributed by atoms with van der Waals surface area (Å²) in [7, 11) is -11.1. The number of aliphatic hydroxyl groups is 4. The molecule has 0 spiro atoms. The van der Waals surface area contributed by atoms with Crippen LogP contribution in [0.4, 0.5) is 0 Å². The second-order valence-corrected chi connectivity index (χ2v) is 15.5. The van der Waals surface area contributed by atoms with Gasteiger partial charge in [-0.25, -0.2) is 18.7 Å². The molecule has 1 aromatic heterocycles. The molecular weight excluding hydrogens is 852 g/mol. The third kappa shape index (κ3) is 14.7. The fourth-order valence-electron chi connectivity index (χ4n) is 5.31. The highest BCUT2D eigenvalue weighted by Crippen LogP contribution is 2.57. The highest BCUT2D eigenvalue weighted by atomic mass is 31.3. The van der Waals surface area contributed by atoms with Gasteiger partial charge < -0.3 is 75.7 Å². The summed E-state index contributed by atoms with van der Waals surface area (Å²) in [6.07, 6.45) is -14.8. The fourth-order valence-corrected chi connectivity index (χ4v) is 6.90. The summed E-state index contributed by atoms with van der Waals surface area (Å²) in [4.78, 5) is 113. The average molecular weight is 898 g/mol. The zero-order chi connectivity index (χ0) is 45.3. The minimum atomic E-state index is -5.57. The van der Waals surface area contributed by atoms with E-state index < -0.39 is 143 Å². The lowest BCUT2D eigenvalue weighted by molar-refractivity contribution is -0.262. The number of H-pyrrole nitrogens is 1. The molecule has 0 aliphatic carbocycles. The number of carboxylic acid groups (broad SMARTS) is 2. The summed E-state index contributed by atoms with van der Waals surface area (Å²) in [5, 5.41) is 57.1. The number of amides is 2. The summed E-state index contributed by atoms with van der Waals surface area (Å²) in [6.45, 7) is 1.08. The molecule has 13 atom stereocenters. The molecule has 336 valence electrons. The van der Waals surface area contributed by atoms with E-state index >= 15 is 0 Å². The lowest BCUT2D eigenvalue weighted by Gasteiger charge is -2.41. The lowest BCUT2D eigenvalue weighted by Crippen LogP contribution is -2.64. The number of nitrogens with one attached hydrogen (secondary N) is 1. The number of esters is 1. The van der Waals surface area contributed by atoms with Crippen molar-refractivity contribution in [1.29, 1.82) is 0 Å². The number of nitrogens with two attached hydrogens (primary N) is 2. The van der Waals surface area contributed by atoms with Crippen LogP contribution in [0.25, 0.3) is 0 Å². The molecule has 3 rings (SSSR count). The maximum Gasteiger partial charge on any atom is 0.481 e. The number of nitrogens with zero attached hydrogens (tertiary/aromatic N) is 2. The molecule has 0 bridgehead atoms. The first-order valence-electron chi connectivity index (χ1n) is 16.8. The number of carbonyl (C=O) groups excluding carboxylic acids is 3. The van der Waals surface area contributed by atoms with Crippen LogP contribution in [0.3, 0.4) is 0 Å². The molecule has 2 unspecified atom stereocenters. The predicted molar refractivity (Wildman–Crippen MR) is 186 cm³/mol. The van der Waals surface area contributed by atoms with Crippen molar-refractivity contribution in [2.75, 3.05) is 13.2 Å². The molecule has 59 heavy (non-hydrogen) atoms. The van der Waals surface area contributed by atoms with Crippen molar-refractivity contribution in [2.24, 2.45) is 11.5 Å². The molecule has 2 aliphatic heterocycles. The van der Waals surface area contributed by atoms with E-state index in [0.29, 0.717) is 9.47 Å². The van der Waals surface area contributed by atoms with Crippen molar-refractivity contribution in [3.8, 4) is 0 Å². The van der Waals surface area contributed by atoms with E-state index in [-0.39, 0.29) is 12.8 Å². The zero-order valence-electron chi connectivity index (χ0n) is 31.0. The van der Waals surface area contributed by atoms with Gasteiger partial charge in [0.05, 0.1) is 19.3 Å². The molecule has 3 heterocycles. The number of phosphoric ester groups is 1. The molecule has 1 aromatic rings. The topological polar surface area (TPSA) is 467 Å². The van der Waals surface area contributed by atoms with Crippen LogP contribution in [0, 0.1) is 0 Å². The van der Waals surface area contributed by atoms with Gasteiger partial charge in [-0.05, 0) is 20.3 Å². The maximum absolute atomic E-state index is 13.4. The molecule has 29 nitrogen and oxygen atoms in total. The minimum Gasteiger partial charge on any atom is -0.481 e. The SMILES string of the molecule is CC(=O)N(C(=O)C(C)O[C@@H]1[C@@H](N)[C@@H](O)O[C@H](CO)[C@H]1O)[C@@H](C)C(=O)O[C@H]1[C@@H](O)[C@H](n2ccc(=O)[nH]c2=O)O[C@@H]1COP(=O)(O)OP(=O)(O)O.N[C@H](CCC(=O)O)C(=O)O. The number of imide groups is 1.